The molecule has 4 nitrogen and oxygen atoms in total. The summed E-state index contributed by atoms with van der Waals surface area (Å²) in [6.45, 7) is 3.73. The number of amides is 2. The number of nitrogens with zero attached hydrogens (tertiary/aromatic N) is 2. The van der Waals surface area contributed by atoms with Gasteiger partial charge >= 0.3 is 6.03 Å². The lowest BCUT2D eigenvalue weighted by molar-refractivity contribution is 0.212. The first-order chi connectivity index (χ1) is 11.3. The van der Waals surface area contributed by atoms with Crippen LogP contribution in [0, 0.1) is 0 Å². The molecule has 2 heterocycles. The molecule has 1 fully saturated rings. The molecule has 1 unspecified atom stereocenters. The van der Waals surface area contributed by atoms with Gasteiger partial charge in [0.2, 0.25) is 0 Å². The molecule has 0 radical (unpaired) electrons. The largest absolute Gasteiger partial charge is 0.323 e. The highest BCUT2D eigenvalue weighted by Gasteiger charge is 2.30. The van der Waals surface area contributed by atoms with E-state index in [0.29, 0.717) is 6.04 Å². The van der Waals surface area contributed by atoms with Crippen molar-refractivity contribution in [3.63, 3.8) is 0 Å². The maximum atomic E-state index is 12.4. The van der Waals surface area contributed by atoms with Crippen LogP contribution in [0.1, 0.15) is 12.0 Å². The summed E-state index contributed by atoms with van der Waals surface area (Å²) in [5.41, 5.74) is 2.20. The van der Waals surface area contributed by atoms with Crippen molar-refractivity contribution in [2.75, 3.05) is 43.5 Å². The number of urea groups is 1. The minimum Gasteiger partial charge on any atom is -0.323 e. The SMILES string of the molecule is CSCCc1ccc(NC(=O)N2CCC(N3CC=CC3)C2)cc1. The van der Waals surface area contributed by atoms with Gasteiger partial charge in [-0.2, -0.15) is 11.8 Å². The molecule has 1 aromatic carbocycles. The van der Waals surface area contributed by atoms with Gasteiger partial charge in [-0.25, -0.2) is 4.79 Å². The number of aryl methyl sites for hydroxylation is 1. The normalized spacial score (nSPS) is 21.1. The second-order valence-corrected chi connectivity index (χ2v) is 7.17. The van der Waals surface area contributed by atoms with Gasteiger partial charge in [-0.05, 0) is 42.5 Å². The van der Waals surface area contributed by atoms with E-state index in [2.05, 4.69) is 40.8 Å². The highest BCUT2D eigenvalue weighted by atomic mass is 32.2. The van der Waals surface area contributed by atoms with Crippen LogP contribution in [-0.4, -0.2) is 60.1 Å². The first kappa shape index (κ1) is 16.4. The number of nitrogens with one attached hydrogen (secondary N) is 1. The summed E-state index contributed by atoms with van der Waals surface area (Å²) < 4.78 is 0. The van der Waals surface area contributed by atoms with E-state index in [-0.39, 0.29) is 6.03 Å². The zero-order valence-electron chi connectivity index (χ0n) is 13.7. The van der Waals surface area contributed by atoms with Crippen LogP contribution in [0.2, 0.25) is 0 Å². The molecule has 0 aliphatic carbocycles. The quantitative estimate of drug-likeness (QED) is 0.842. The maximum absolute atomic E-state index is 12.4. The Morgan fingerprint density at radius 2 is 2.00 bits per heavy atom. The van der Waals surface area contributed by atoms with Crippen LogP contribution in [0.3, 0.4) is 0 Å². The van der Waals surface area contributed by atoms with Gasteiger partial charge in [0.25, 0.3) is 0 Å². The molecule has 2 amide bonds. The van der Waals surface area contributed by atoms with Gasteiger partial charge in [0.05, 0.1) is 0 Å². The Balaban J connectivity index is 1.49. The van der Waals surface area contributed by atoms with Crippen molar-refractivity contribution >= 4 is 23.5 Å². The number of anilines is 1. The Labute approximate surface area is 142 Å². The molecule has 2 aliphatic heterocycles. The van der Waals surface area contributed by atoms with Crippen molar-refractivity contribution in [3.05, 3.63) is 42.0 Å². The van der Waals surface area contributed by atoms with Crippen LogP contribution in [-0.2, 0) is 6.42 Å². The predicted molar refractivity (Wildman–Crippen MR) is 98.2 cm³/mol. The Morgan fingerprint density at radius 3 is 2.70 bits per heavy atom. The molecule has 1 atom stereocenters. The topological polar surface area (TPSA) is 35.6 Å². The van der Waals surface area contributed by atoms with Crippen LogP contribution < -0.4 is 5.32 Å². The van der Waals surface area contributed by atoms with Crippen LogP contribution in [0.25, 0.3) is 0 Å². The van der Waals surface area contributed by atoms with Gasteiger partial charge in [0, 0.05) is 37.9 Å². The zero-order chi connectivity index (χ0) is 16.1. The van der Waals surface area contributed by atoms with Gasteiger partial charge in [0.1, 0.15) is 0 Å². The molecular formula is C18H25N3OS. The lowest BCUT2D eigenvalue weighted by atomic mass is 10.1. The van der Waals surface area contributed by atoms with E-state index in [1.54, 1.807) is 0 Å². The van der Waals surface area contributed by atoms with E-state index < -0.39 is 0 Å². The summed E-state index contributed by atoms with van der Waals surface area (Å²) in [6.07, 6.45) is 8.69. The van der Waals surface area contributed by atoms with Crippen molar-refractivity contribution in [1.82, 2.24) is 9.80 Å². The first-order valence-electron chi connectivity index (χ1n) is 8.29. The van der Waals surface area contributed by atoms with Crippen molar-refractivity contribution in [3.8, 4) is 0 Å². The number of carbonyl (C=O) groups excluding carboxylic acids is 1. The lowest BCUT2D eigenvalue weighted by Crippen LogP contribution is -2.38. The minimum atomic E-state index is 0.0246. The number of carbonyl (C=O) groups is 1. The smallest absolute Gasteiger partial charge is 0.321 e. The van der Waals surface area contributed by atoms with Gasteiger partial charge < -0.3 is 10.2 Å². The molecule has 124 valence electrons. The van der Waals surface area contributed by atoms with Crippen molar-refractivity contribution in [2.24, 2.45) is 0 Å². The summed E-state index contributed by atoms with van der Waals surface area (Å²) in [5.74, 6) is 1.13. The maximum Gasteiger partial charge on any atom is 0.321 e. The number of hydrogen-bond acceptors (Lipinski definition) is 3. The van der Waals surface area contributed by atoms with Crippen LogP contribution in [0.4, 0.5) is 10.5 Å². The van der Waals surface area contributed by atoms with Crippen LogP contribution >= 0.6 is 11.8 Å². The third-order valence-corrected chi connectivity index (χ3v) is 5.23. The van der Waals surface area contributed by atoms with E-state index in [0.717, 1.165) is 50.5 Å². The van der Waals surface area contributed by atoms with Gasteiger partial charge in [-0.15, -0.1) is 0 Å². The van der Waals surface area contributed by atoms with E-state index in [4.69, 9.17) is 0 Å². The third-order valence-electron chi connectivity index (χ3n) is 4.61. The lowest BCUT2D eigenvalue weighted by Gasteiger charge is -2.23. The van der Waals surface area contributed by atoms with E-state index in [1.165, 1.54) is 5.56 Å². The molecule has 0 aromatic heterocycles. The summed E-state index contributed by atoms with van der Waals surface area (Å²) in [5, 5.41) is 3.03. The van der Waals surface area contributed by atoms with E-state index in [1.807, 2.05) is 28.8 Å². The molecule has 23 heavy (non-hydrogen) atoms. The summed E-state index contributed by atoms with van der Waals surface area (Å²) in [6, 6.07) is 8.75. The number of likely N-dealkylation sites (tertiary alicyclic amines) is 1. The van der Waals surface area contributed by atoms with Crippen molar-refractivity contribution in [1.29, 1.82) is 0 Å². The number of benzene rings is 1. The Morgan fingerprint density at radius 1 is 1.26 bits per heavy atom. The zero-order valence-corrected chi connectivity index (χ0v) is 14.5. The fourth-order valence-electron chi connectivity index (χ4n) is 3.19. The van der Waals surface area contributed by atoms with Crippen LogP contribution in [0.5, 0.6) is 0 Å². The Hall–Kier alpha value is -1.46. The molecule has 0 spiro atoms. The van der Waals surface area contributed by atoms with Gasteiger partial charge in [-0.1, -0.05) is 24.3 Å². The molecule has 0 bridgehead atoms. The molecule has 1 saturated heterocycles. The number of thioether (sulfide) groups is 1. The highest BCUT2D eigenvalue weighted by Crippen LogP contribution is 2.19. The fraction of sp³-hybridized carbons (Fsp3) is 0.500. The molecular weight excluding hydrogens is 306 g/mol. The Bertz CT molecular complexity index is 550. The first-order valence-corrected chi connectivity index (χ1v) is 9.68. The van der Waals surface area contributed by atoms with Crippen molar-refractivity contribution in [2.45, 2.75) is 18.9 Å². The van der Waals surface area contributed by atoms with Gasteiger partial charge in [-0.3, -0.25) is 4.90 Å². The second kappa shape index (κ2) is 7.88. The summed E-state index contributed by atoms with van der Waals surface area (Å²) in [4.78, 5) is 16.8. The molecule has 5 heteroatoms. The Kier molecular flexibility index (Phi) is 5.62. The molecule has 3 rings (SSSR count). The highest BCUT2D eigenvalue weighted by molar-refractivity contribution is 7.98. The monoisotopic (exact) mass is 331 g/mol. The van der Waals surface area contributed by atoms with E-state index >= 15 is 0 Å². The molecule has 1 aromatic rings. The third kappa shape index (κ3) is 4.30. The summed E-state index contributed by atoms with van der Waals surface area (Å²) in [7, 11) is 0. The summed E-state index contributed by atoms with van der Waals surface area (Å²) >= 11 is 1.85. The molecule has 0 saturated carbocycles. The molecule has 2 aliphatic rings. The average molecular weight is 331 g/mol. The second-order valence-electron chi connectivity index (χ2n) is 6.18. The number of hydrogen-bond donors (Lipinski definition) is 1. The van der Waals surface area contributed by atoms with Crippen LogP contribution in [0.15, 0.2) is 36.4 Å². The number of rotatable bonds is 5. The average Bonchev–Trinajstić information content (AvgIpc) is 3.25. The fourth-order valence-corrected chi connectivity index (χ4v) is 3.63. The van der Waals surface area contributed by atoms with E-state index in [9.17, 15) is 4.79 Å². The van der Waals surface area contributed by atoms with Crippen molar-refractivity contribution < 1.29 is 4.79 Å². The predicted octanol–water partition coefficient (Wildman–Crippen LogP) is 3.07. The molecule has 1 N–H and O–H groups in total. The minimum absolute atomic E-state index is 0.0246. The van der Waals surface area contributed by atoms with Gasteiger partial charge in [0.15, 0.2) is 0 Å². The standard InChI is InChI=1S/C18H25N3OS/c1-23-13-9-15-4-6-16(7-5-15)19-18(22)21-12-8-17(14-21)20-10-2-3-11-20/h2-7,17H,8-14H2,1H3,(H,19,22).